The molecule has 1 saturated carbocycles. The van der Waals surface area contributed by atoms with Crippen LogP contribution in [0.4, 0.5) is 10.5 Å². The van der Waals surface area contributed by atoms with Crippen LogP contribution in [0.15, 0.2) is 54.6 Å². The van der Waals surface area contributed by atoms with Crippen LogP contribution in [-0.4, -0.2) is 19.1 Å². The Labute approximate surface area is 138 Å². The second-order valence-electron chi connectivity index (χ2n) is 6.39. The van der Waals surface area contributed by atoms with Crippen molar-refractivity contribution in [2.75, 3.05) is 18.0 Å². The number of anilines is 1. The number of nitrogens with one attached hydrogen (secondary N) is 1. The van der Waals surface area contributed by atoms with Crippen molar-refractivity contribution < 1.29 is 4.79 Å². The van der Waals surface area contributed by atoms with E-state index in [1.807, 2.05) is 44.2 Å². The molecule has 3 nitrogen and oxygen atoms in total. The van der Waals surface area contributed by atoms with Gasteiger partial charge in [0.2, 0.25) is 0 Å². The van der Waals surface area contributed by atoms with Crippen molar-refractivity contribution in [3.8, 4) is 0 Å². The fourth-order valence-corrected chi connectivity index (χ4v) is 3.09. The lowest BCUT2D eigenvalue weighted by atomic mass is 9.96. The maximum Gasteiger partial charge on any atom is 0.321 e. The van der Waals surface area contributed by atoms with Gasteiger partial charge in [-0.15, -0.1) is 0 Å². The summed E-state index contributed by atoms with van der Waals surface area (Å²) < 4.78 is 0. The van der Waals surface area contributed by atoms with Gasteiger partial charge < -0.3 is 5.32 Å². The Kier molecular flexibility index (Phi) is 4.37. The Morgan fingerprint density at radius 2 is 1.87 bits per heavy atom. The number of carbonyl (C=O) groups excluding carboxylic acids is 1. The van der Waals surface area contributed by atoms with E-state index >= 15 is 0 Å². The molecule has 1 aliphatic carbocycles. The van der Waals surface area contributed by atoms with E-state index in [0.717, 1.165) is 24.1 Å². The molecule has 0 saturated heterocycles. The highest BCUT2D eigenvalue weighted by atomic mass is 16.2. The van der Waals surface area contributed by atoms with Crippen molar-refractivity contribution in [1.82, 2.24) is 5.32 Å². The van der Waals surface area contributed by atoms with Gasteiger partial charge >= 0.3 is 6.03 Å². The van der Waals surface area contributed by atoms with Crippen LogP contribution in [0.2, 0.25) is 0 Å². The van der Waals surface area contributed by atoms with Crippen molar-refractivity contribution >= 4 is 11.7 Å². The van der Waals surface area contributed by atoms with Crippen LogP contribution in [0, 0.1) is 6.92 Å². The molecule has 2 aromatic carbocycles. The summed E-state index contributed by atoms with van der Waals surface area (Å²) in [4.78, 5) is 14.4. The summed E-state index contributed by atoms with van der Waals surface area (Å²) in [7, 11) is 0. The molecule has 23 heavy (non-hydrogen) atoms. The number of rotatable bonds is 5. The third-order valence-corrected chi connectivity index (χ3v) is 4.69. The summed E-state index contributed by atoms with van der Waals surface area (Å²) in [6.45, 7) is 5.42. The molecule has 1 aliphatic rings. The highest BCUT2D eigenvalue weighted by Gasteiger charge is 2.44. The van der Waals surface area contributed by atoms with Crippen molar-refractivity contribution in [2.24, 2.45) is 0 Å². The van der Waals surface area contributed by atoms with E-state index in [2.05, 4.69) is 29.6 Å². The van der Waals surface area contributed by atoms with E-state index in [1.165, 1.54) is 5.56 Å². The molecule has 3 rings (SSSR count). The third-order valence-electron chi connectivity index (χ3n) is 4.69. The van der Waals surface area contributed by atoms with Gasteiger partial charge in [-0.05, 0) is 49.9 Å². The maximum atomic E-state index is 12.6. The largest absolute Gasteiger partial charge is 0.337 e. The maximum absolute atomic E-state index is 12.6. The van der Waals surface area contributed by atoms with Gasteiger partial charge in [0.25, 0.3) is 0 Å². The van der Waals surface area contributed by atoms with Crippen LogP contribution in [0.25, 0.3) is 0 Å². The molecule has 0 spiro atoms. The van der Waals surface area contributed by atoms with Crippen molar-refractivity contribution in [2.45, 2.75) is 32.1 Å². The minimum Gasteiger partial charge on any atom is -0.337 e. The summed E-state index contributed by atoms with van der Waals surface area (Å²) in [5.74, 6) is 0. The fourth-order valence-electron chi connectivity index (χ4n) is 3.09. The second-order valence-corrected chi connectivity index (χ2v) is 6.39. The lowest BCUT2D eigenvalue weighted by molar-refractivity contribution is 0.245. The Morgan fingerprint density at radius 3 is 2.48 bits per heavy atom. The number of amides is 2. The molecule has 2 aromatic rings. The molecule has 0 heterocycles. The molecular formula is C20H24N2O. The van der Waals surface area contributed by atoms with Gasteiger partial charge in [0, 0.05) is 24.2 Å². The normalized spacial score (nSPS) is 15.0. The molecule has 0 radical (unpaired) electrons. The molecule has 0 aliphatic heterocycles. The van der Waals surface area contributed by atoms with E-state index in [0.29, 0.717) is 13.1 Å². The van der Waals surface area contributed by atoms with Crippen molar-refractivity contribution in [1.29, 1.82) is 0 Å². The zero-order valence-electron chi connectivity index (χ0n) is 13.9. The second kappa shape index (κ2) is 6.45. The number of carbonyl (C=O) groups is 1. The van der Waals surface area contributed by atoms with Crippen LogP contribution in [-0.2, 0) is 5.41 Å². The first-order chi connectivity index (χ1) is 11.1. The number of benzene rings is 2. The van der Waals surface area contributed by atoms with Gasteiger partial charge in [-0.25, -0.2) is 4.79 Å². The molecule has 1 fully saturated rings. The van der Waals surface area contributed by atoms with Crippen LogP contribution in [0.5, 0.6) is 0 Å². The lowest BCUT2D eigenvalue weighted by Gasteiger charge is -2.24. The topological polar surface area (TPSA) is 32.3 Å². The zero-order valence-corrected chi connectivity index (χ0v) is 13.9. The van der Waals surface area contributed by atoms with Gasteiger partial charge in [-0.3, -0.25) is 4.90 Å². The fraction of sp³-hybridized carbons (Fsp3) is 0.350. The first-order valence-electron chi connectivity index (χ1n) is 8.32. The molecule has 0 unspecified atom stereocenters. The first kappa shape index (κ1) is 15.6. The van der Waals surface area contributed by atoms with Crippen LogP contribution in [0.3, 0.4) is 0 Å². The highest BCUT2D eigenvalue weighted by Crippen LogP contribution is 2.47. The van der Waals surface area contributed by atoms with Crippen molar-refractivity contribution in [3.63, 3.8) is 0 Å². The number of nitrogens with zero attached hydrogens (tertiary/aromatic N) is 1. The Balaban J connectivity index is 1.67. The van der Waals surface area contributed by atoms with Crippen LogP contribution < -0.4 is 10.2 Å². The molecule has 3 heteroatoms. The minimum absolute atomic E-state index is 0.0136. The van der Waals surface area contributed by atoms with E-state index in [9.17, 15) is 4.79 Å². The Bertz CT molecular complexity index is 677. The lowest BCUT2D eigenvalue weighted by Crippen LogP contribution is -2.43. The zero-order chi connectivity index (χ0) is 16.3. The molecule has 1 N–H and O–H groups in total. The number of urea groups is 1. The van der Waals surface area contributed by atoms with Gasteiger partial charge in [-0.2, -0.15) is 0 Å². The molecule has 0 bridgehead atoms. The predicted molar refractivity (Wildman–Crippen MR) is 95.0 cm³/mol. The van der Waals surface area contributed by atoms with Crippen LogP contribution >= 0.6 is 0 Å². The standard InChI is InChI=1S/C20H24N2O/c1-3-22(18-11-7-8-16(2)14-18)19(23)21-15-20(12-13-20)17-9-5-4-6-10-17/h4-11,14H,3,12-13,15H2,1-2H3,(H,21,23). The highest BCUT2D eigenvalue weighted by molar-refractivity contribution is 5.92. The average Bonchev–Trinajstić information content (AvgIpc) is 3.36. The van der Waals surface area contributed by atoms with E-state index in [4.69, 9.17) is 0 Å². The monoisotopic (exact) mass is 308 g/mol. The average molecular weight is 308 g/mol. The van der Waals surface area contributed by atoms with Gasteiger partial charge in [-0.1, -0.05) is 42.5 Å². The Hall–Kier alpha value is -2.29. The molecular weight excluding hydrogens is 284 g/mol. The molecule has 0 aromatic heterocycles. The van der Waals surface area contributed by atoms with Crippen molar-refractivity contribution in [3.05, 3.63) is 65.7 Å². The summed E-state index contributed by atoms with van der Waals surface area (Å²) in [6, 6.07) is 18.6. The SMILES string of the molecule is CCN(C(=O)NCC1(c2ccccc2)CC1)c1cccc(C)c1. The smallest absolute Gasteiger partial charge is 0.321 e. The van der Waals surface area contributed by atoms with Gasteiger partial charge in [0.05, 0.1) is 0 Å². The minimum atomic E-state index is -0.0136. The van der Waals surface area contributed by atoms with E-state index < -0.39 is 0 Å². The van der Waals surface area contributed by atoms with Gasteiger partial charge in [0.15, 0.2) is 0 Å². The number of hydrogen-bond acceptors (Lipinski definition) is 1. The molecule has 0 atom stereocenters. The van der Waals surface area contributed by atoms with E-state index in [-0.39, 0.29) is 11.4 Å². The molecule has 2 amide bonds. The molecule has 120 valence electrons. The van der Waals surface area contributed by atoms with Gasteiger partial charge in [0.1, 0.15) is 0 Å². The van der Waals surface area contributed by atoms with Crippen LogP contribution in [0.1, 0.15) is 30.9 Å². The first-order valence-corrected chi connectivity index (χ1v) is 8.32. The quantitative estimate of drug-likeness (QED) is 0.879. The Morgan fingerprint density at radius 1 is 1.13 bits per heavy atom. The summed E-state index contributed by atoms with van der Waals surface area (Å²) in [5.41, 5.74) is 3.59. The summed E-state index contributed by atoms with van der Waals surface area (Å²) >= 11 is 0. The summed E-state index contributed by atoms with van der Waals surface area (Å²) in [5, 5.41) is 3.14. The third kappa shape index (κ3) is 3.39. The summed E-state index contributed by atoms with van der Waals surface area (Å²) in [6.07, 6.45) is 2.29. The van der Waals surface area contributed by atoms with E-state index in [1.54, 1.807) is 4.90 Å². The predicted octanol–water partition coefficient (Wildman–Crippen LogP) is 4.26. The number of aryl methyl sites for hydroxylation is 1. The number of hydrogen-bond donors (Lipinski definition) is 1.